The Hall–Kier alpha value is -1.81. The van der Waals surface area contributed by atoms with Crippen LogP contribution in [-0.2, 0) is 11.2 Å². The molecule has 0 aliphatic rings. The van der Waals surface area contributed by atoms with Crippen molar-refractivity contribution in [1.29, 1.82) is 0 Å². The molecule has 0 aliphatic heterocycles. The first-order chi connectivity index (χ1) is 16.2. The number of fused-ring (bicyclic) bond motifs is 1. The number of aliphatic carboxylic acids is 1. The molecular formula is C29H48N2O2. The first kappa shape index (κ1) is 27.4. The number of aromatic nitrogens is 1. The van der Waals surface area contributed by atoms with Crippen LogP contribution in [0.25, 0.3) is 10.9 Å². The number of unbranched alkanes of at least 4 members (excludes halogenated alkanes) is 15. The van der Waals surface area contributed by atoms with Gasteiger partial charge < -0.3 is 15.4 Å². The van der Waals surface area contributed by atoms with E-state index in [0.29, 0.717) is 6.42 Å². The highest BCUT2D eigenvalue weighted by Crippen LogP contribution is 2.19. The zero-order chi connectivity index (χ0) is 23.6. The maximum Gasteiger partial charge on any atom is 0.321 e. The Morgan fingerprint density at radius 1 is 0.818 bits per heavy atom. The van der Waals surface area contributed by atoms with E-state index in [2.05, 4.69) is 23.3 Å². The summed E-state index contributed by atoms with van der Waals surface area (Å²) in [5.74, 6) is -0.767. The average Bonchev–Trinajstić information content (AvgIpc) is 3.23. The van der Waals surface area contributed by atoms with E-state index in [1.54, 1.807) is 0 Å². The summed E-state index contributed by atoms with van der Waals surface area (Å²) in [7, 11) is 0. The van der Waals surface area contributed by atoms with E-state index in [0.717, 1.165) is 29.4 Å². The van der Waals surface area contributed by atoms with Crippen LogP contribution in [0.2, 0.25) is 0 Å². The second-order valence-corrected chi connectivity index (χ2v) is 9.71. The van der Waals surface area contributed by atoms with Crippen LogP contribution in [0.1, 0.15) is 115 Å². The van der Waals surface area contributed by atoms with Crippen molar-refractivity contribution in [1.82, 2.24) is 10.3 Å². The lowest BCUT2D eigenvalue weighted by Gasteiger charge is -2.14. The third-order valence-corrected chi connectivity index (χ3v) is 6.82. The number of hydrogen-bond acceptors (Lipinski definition) is 2. The summed E-state index contributed by atoms with van der Waals surface area (Å²) in [6.07, 6.45) is 24.1. The largest absolute Gasteiger partial charge is 0.480 e. The van der Waals surface area contributed by atoms with E-state index >= 15 is 0 Å². The van der Waals surface area contributed by atoms with E-state index in [9.17, 15) is 9.90 Å². The van der Waals surface area contributed by atoms with E-state index in [-0.39, 0.29) is 0 Å². The number of para-hydroxylation sites is 1. The molecule has 0 bridgehead atoms. The summed E-state index contributed by atoms with van der Waals surface area (Å²) in [5, 5.41) is 14.0. The molecule has 186 valence electrons. The molecule has 1 aromatic heterocycles. The van der Waals surface area contributed by atoms with Gasteiger partial charge in [-0.2, -0.15) is 0 Å². The topological polar surface area (TPSA) is 65.1 Å². The molecule has 0 saturated carbocycles. The first-order valence-electron chi connectivity index (χ1n) is 13.7. The maximum atomic E-state index is 11.7. The average molecular weight is 457 g/mol. The molecule has 4 nitrogen and oxygen atoms in total. The second-order valence-electron chi connectivity index (χ2n) is 9.71. The van der Waals surface area contributed by atoms with Crippen LogP contribution in [0.3, 0.4) is 0 Å². The lowest BCUT2D eigenvalue weighted by Crippen LogP contribution is -2.39. The highest BCUT2D eigenvalue weighted by Gasteiger charge is 2.18. The fourth-order valence-corrected chi connectivity index (χ4v) is 4.72. The molecule has 0 radical (unpaired) electrons. The molecule has 3 N–H and O–H groups in total. The van der Waals surface area contributed by atoms with Crippen molar-refractivity contribution in [3.63, 3.8) is 0 Å². The SMILES string of the molecule is CCCCCCCCCCCCCCCCCCN[C@@H](Cc1c[nH]c2ccccc12)C(=O)O. The molecule has 4 heteroatoms. The van der Waals surface area contributed by atoms with E-state index in [1.807, 2.05) is 24.4 Å². The van der Waals surface area contributed by atoms with E-state index < -0.39 is 12.0 Å². The van der Waals surface area contributed by atoms with Gasteiger partial charge in [-0.1, -0.05) is 121 Å². The Bertz CT molecular complexity index is 755. The molecule has 1 heterocycles. The predicted molar refractivity (Wildman–Crippen MR) is 141 cm³/mol. The summed E-state index contributed by atoms with van der Waals surface area (Å²) >= 11 is 0. The summed E-state index contributed by atoms with van der Waals surface area (Å²) in [4.78, 5) is 14.9. The normalized spacial score (nSPS) is 12.4. The van der Waals surface area contributed by atoms with Crippen LogP contribution in [0.5, 0.6) is 0 Å². The molecule has 2 rings (SSSR count). The van der Waals surface area contributed by atoms with Gasteiger partial charge in [0.25, 0.3) is 0 Å². The van der Waals surface area contributed by atoms with Crippen LogP contribution in [0.15, 0.2) is 30.5 Å². The van der Waals surface area contributed by atoms with Gasteiger partial charge in [0, 0.05) is 23.5 Å². The molecule has 0 unspecified atom stereocenters. The van der Waals surface area contributed by atoms with Crippen LogP contribution < -0.4 is 5.32 Å². The Morgan fingerprint density at radius 2 is 1.33 bits per heavy atom. The highest BCUT2D eigenvalue weighted by atomic mass is 16.4. The molecule has 1 aromatic carbocycles. The number of carboxylic acid groups (broad SMARTS) is 1. The Balaban J connectivity index is 1.42. The van der Waals surface area contributed by atoms with Gasteiger partial charge in [0.15, 0.2) is 0 Å². The van der Waals surface area contributed by atoms with E-state index in [1.165, 1.54) is 96.3 Å². The van der Waals surface area contributed by atoms with Crippen molar-refractivity contribution in [2.24, 2.45) is 0 Å². The van der Waals surface area contributed by atoms with Crippen LogP contribution in [0, 0.1) is 0 Å². The van der Waals surface area contributed by atoms with Gasteiger partial charge in [-0.25, -0.2) is 0 Å². The van der Waals surface area contributed by atoms with Crippen molar-refractivity contribution in [3.8, 4) is 0 Å². The molecule has 2 aromatic rings. The van der Waals surface area contributed by atoms with Gasteiger partial charge in [0.2, 0.25) is 0 Å². The second kappa shape index (κ2) is 17.6. The Labute approximate surface area is 201 Å². The summed E-state index contributed by atoms with van der Waals surface area (Å²) in [6.45, 7) is 3.06. The van der Waals surface area contributed by atoms with Crippen LogP contribution in [-0.4, -0.2) is 28.6 Å². The first-order valence-corrected chi connectivity index (χ1v) is 13.7. The van der Waals surface area contributed by atoms with Crippen LogP contribution >= 0.6 is 0 Å². The molecule has 0 saturated heterocycles. The smallest absolute Gasteiger partial charge is 0.321 e. The minimum Gasteiger partial charge on any atom is -0.480 e. The zero-order valence-corrected chi connectivity index (χ0v) is 21.0. The number of aromatic amines is 1. The van der Waals surface area contributed by atoms with Gasteiger partial charge in [-0.15, -0.1) is 0 Å². The van der Waals surface area contributed by atoms with Crippen molar-refractivity contribution in [3.05, 3.63) is 36.0 Å². The van der Waals surface area contributed by atoms with Gasteiger partial charge in [-0.3, -0.25) is 4.79 Å². The van der Waals surface area contributed by atoms with Gasteiger partial charge in [-0.05, 0) is 24.6 Å². The number of benzene rings is 1. The molecule has 1 atom stereocenters. The quantitative estimate of drug-likeness (QED) is 0.167. The molecular weight excluding hydrogens is 408 g/mol. The van der Waals surface area contributed by atoms with Crippen molar-refractivity contribution >= 4 is 16.9 Å². The number of rotatable bonds is 21. The summed E-state index contributed by atoms with van der Waals surface area (Å²) < 4.78 is 0. The third kappa shape index (κ3) is 11.7. The van der Waals surface area contributed by atoms with Crippen molar-refractivity contribution < 1.29 is 9.90 Å². The number of H-pyrrole nitrogens is 1. The standard InChI is InChI=1S/C29H48N2O2/c1-2-3-4-5-6-7-8-9-10-11-12-13-14-15-16-19-22-30-28(29(32)33)23-25-24-31-27-21-18-17-20-26(25)27/h17-18,20-21,24,28,30-31H,2-16,19,22-23H2,1H3,(H,32,33)/t28-/m0/s1. The predicted octanol–water partition coefficient (Wildman–Crippen LogP) is 8.01. The number of carbonyl (C=O) groups is 1. The molecule has 0 spiro atoms. The van der Waals surface area contributed by atoms with Crippen LogP contribution in [0.4, 0.5) is 0 Å². The summed E-state index contributed by atoms with van der Waals surface area (Å²) in [5.41, 5.74) is 2.13. The number of hydrogen-bond donors (Lipinski definition) is 3. The fraction of sp³-hybridized carbons (Fsp3) is 0.690. The lowest BCUT2D eigenvalue weighted by atomic mass is 10.0. The zero-order valence-electron chi connectivity index (χ0n) is 21.0. The van der Waals surface area contributed by atoms with Gasteiger partial charge in [0.05, 0.1) is 0 Å². The molecule has 33 heavy (non-hydrogen) atoms. The van der Waals surface area contributed by atoms with Gasteiger partial charge >= 0.3 is 5.97 Å². The molecule has 0 fully saturated rings. The highest BCUT2D eigenvalue weighted by molar-refractivity contribution is 5.84. The number of carboxylic acids is 1. The molecule has 0 amide bonds. The Kier molecular flexibility index (Phi) is 14.7. The lowest BCUT2D eigenvalue weighted by molar-refractivity contribution is -0.139. The van der Waals surface area contributed by atoms with Gasteiger partial charge in [0.1, 0.15) is 6.04 Å². The minimum atomic E-state index is -0.767. The third-order valence-electron chi connectivity index (χ3n) is 6.82. The maximum absolute atomic E-state index is 11.7. The monoisotopic (exact) mass is 456 g/mol. The van der Waals surface area contributed by atoms with E-state index in [4.69, 9.17) is 0 Å². The van der Waals surface area contributed by atoms with Crippen molar-refractivity contribution in [2.45, 2.75) is 122 Å². The number of nitrogens with one attached hydrogen (secondary N) is 2. The fourth-order valence-electron chi connectivity index (χ4n) is 4.72. The van der Waals surface area contributed by atoms with Crippen molar-refractivity contribution in [2.75, 3.05) is 6.54 Å². The Morgan fingerprint density at radius 3 is 1.88 bits per heavy atom. The minimum absolute atomic E-state index is 0.512. The summed E-state index contributed by atoms with van der Waals surface area (Å²) in [6, 6.07) is 7.54. The molecule has 0 aliphatic carbocycles.